The maximum Gasteiger partial charge on any atom is 0.242 e. The molecule has 0 saturated carbocycles. The monoisotopic (exact) mass is 414 g/mol. The lowest BCUT2D eigenvalue weighted by atomic mass is 10.0. The van der Waals surface area contributed by atoms with Gasteiger partial charge in [-0.15, -0.1) is 11.3 Å². The molecular weight excluding hydrogens is 384 g/mol. The third-order valence-electron chi connectivity index (χ3n) is 5.32. The van der Waals surface area contributed by atoms with Gasteiger partial charge in [-0.2, -0.15) is 0 Å². The van der Waals surface area contributed by atoms with Gasteiger partial charge in [0.05, 0.1) is 12.6 Å². The Morgan fingerprint density at radius 2 is 1.97 bits per heavy atom. The Morgan fingerprint density at radius 1 is 1.21 bits per heavy atom. The first-order valence-corrected chi connectivity index (χ1v) is 11.2. The fourth-order valence-corrected chi connectivity index (χ4v) is 4.65. The van der Waals surface area contributed by atoms with Crippen LogP contribution >= 0.6 is 11.3 Å². The molecule has 29 heavy (non-hydrogen) atoms. The summed E-state index contributed by atoms with van der Waals surface area (Å²) in [4.78, 5) is 30.3. The van der Waals surface area contributed by atoms with Crippen LogP contribution in [0.15, 0.2) is 35.7 Å². The Morgan fingerprint density at radius 3 is 2.66 bits per heavy atom. The summed E-state index contributed by atoms with van der Waals surface area (Å²) in [6.45, 7) is 7.73. The van der Waals surface area contributed by atoms with Gasteiger partial charge < -0.3 is 14.5 Å². The van der Waals surface area contributed by atoms with Crippen molar-refractivity contribution in [2.24, 2.45) is 0 Å². The highest BCUT2D eigenvalue weighted by Crippen LogP contribution is 2.34. The van der Waals surface area contributed by atoms with E-state index >= 15 is 0 Å². The van der Waals surface area contributed by atoms with Crippen LogP contribution in [0.5, 0.6) is 5.75 Å². The second kappa shape index (κ2) is 9.92. The van der Waals surface area contributed by atoms with E-state index in [-0.39, 0.29) is 24.4 Å². The number of hydrogen-bond donors (Lipinski definition) is 0. The van der Waals surface area contributed by atoms with Gasteiger partial charge in [0.1, 0.15) is 12.4 Å². The van der Waals surface area contributed by atoms with Gasteiger partial charge in [0.25, 0.3) is 0 Å². The molecule has 0 aliphatic carbocycles. The summed E-state index contributed by atoms with van der Waals surface area (Å²) in [5, 5.41) is 2.08. The van der Waals surface area contributed by atoms with Crippen LogP contribution in [0.25, 0.3) is 0 Å². The number of carbonyl (C=O) groups excluding carboxylic acids is 2. The lowest BCUT2D eigenvalue weighted by Gasteiger charge is -2.37. The minimum absolute atomic E-state index is 0.00499. The van der Waals surface area contributed by atoms with Crippen LogP contribution in [0.4, 0.5) is 0 Å². The van der Waals surface area contributed by atoms with Crippen molar-refractivity contribution in [1.82, 2.24) is 9.80 Å². The highest BCUT2D eigenvalue weighted by Gasteiger charge is 2.33. The predicted molar refractivity (Wildman–Crippen MR) is 116 cm³/mol. The van der Waals surface area contributed by atoms with Crippen LogP contribution in [-0.2, 0) is 16.0 Å². The molecular formula is C23H30N2O3S. The molecule has 0 radical (unpaired) electrons. The molecule has 1 aliphatic rings. The Bertz CT molecular complexity index is 831. The zero-order valence-corrected chi connectivity index (χ0v) is 18.3. The second-order valence-corrected chi connectivity index (χ2v) is 8.45. The van der Waals surface area contributed by atoms with Crippen LogP contribution in [0.2, 0.25) is 0 Å². The van der Waals surface area contributed by atoms with Crippen molar-refractivity contribution in [2.75, 3.05) is 26.2 Å². The summed E-state index contributed by atoms with van der Waals surface area (Å²) in [6, 6.07) is 9.94. The van der Waals surface area contributed by atoms with E-state index < -0.39 is 0 Å². The van der Waals surface area contributed by atoms with Crippen LogP contribution < -0.4 is 4.74 Å². The molecule has 156 valence electrons. The number of carbonyl (C=O) groups is 2. The van der Waals surface area contributed by atoms with E-state index in [1.54, 1.807) is 16.2 Å². The fourth-order valence-electron chi connectivity index (χ4n) is 3.72. The zero-order chi connectivity index (χ0) is 20.8. The Kier molecular flexibility index (Phi) is 7.31. The first kappa shape index (κ1) is 21.4. The van der Waals surface area contributed by atoms with Crippen LogP contribution in [0.3, 0.4) is 0 Å². The van der Waals surface area contributed by atoms with Crippen molar-refractivity contribution in [2.45, 2.75) is 46.1 Å². The molecule has 1 aromatic carbocycles. The Balaban J connectivity index is 1.75. The van der Waals surface area contributed by atoms with Crippen LogP contribution in [0.1, 0.15) is 48.7 Å². The van der Waals surface area contributed by atoms with E-state index in [1.165, 1.54) is 16.0 Å². The third kappa shape index (κ3) is 5.18. The summed E-state index contributed by atoms with van der Waals surface area (Å²) in [6.07, 6.45) is 2.12. The van der Waals surface area contributed by atoms with E-state index in [9.17, 15) is 9.59 Å². The molecule has 2 heterocycles. The summed E-state index contributed by atoms with van der Waals surface area (Å²) < 4.78 is 6.06. The van der Waals surface area contributed by atoms with E-state index in [1.807, 2.05) is 49.9 Å². The number of nitrogens with zero attached hydrogens (tertiary/aromatic N) is 2. The van der Waals surface area contributed by atoms with Crippen LogP contribution in [0, 0.1) is 6.92 Å². The van der Waals surface area contributed by atoms with Crippen molar-refractivity contribution in [1.29, 1.82) is 0 Å². The topological polar surface area (TPSA) is 49.9 Å². The molecule has 1 aliphatic heterocycles. The van der Waals surface area contributed by atoms with Crippen LogP contribution in [-0.4, -0.2) is 47.9 Å². The van der Waals surface area contributed by atoms with Gasteiger partial charge in [-0.25, -0.2) is 0 Å². The van der Waals surface area contributed by atoms with Gasteiger partial charge in [0, 0.05) is 24.4 Å². The molecule has 0 unspecified atom stereocenters. The van der Waals surface area contributed by atoms with Crippen molar-refractivity contribution in [3.8, 4) is 5.75 Å². The van der Waals surface area contributed by atoms with Gasteiger partial charge in [-0.1, -0.05) is 31.5 Å². The number of amides is 2. The molecule has 6 heteroatoms. The number of thiophene rings is 1. The molecule has 2 aromatic rings. The molecule has 5 nitrogen and oxygen atoms in total. The molecule has 0 spiro atoms. The largest absolute Gasteiger partial charge is 0.491 e. The molecule has 0 saturated heterocycles. The summed E-state index contributed by atoms with van der Waals surface area (Å²) in [5.41, 5.74) is 2.36. The van der Waals surface area contributed by atoms with E-state index in [4.69, 9.17) is 4.74 Å². The van der Waals surface area contributed by atoms with Crippen molar-refractivity contribution >= 4 is 23.2 Å². The normalized spacial score (nSPS) is 15.7. The second-order valence-electron chi connectivity index (χ2n) is 7.44. The number of aryl methyl sites for hydroxylation is 1. The number of rotatable bonds is 8. The number of hydrogen-bond acceptors (Lipinski definition) is 4. The number of fused-ring (bicyclic) bond motifs is 1. The first-order valence-electron chi connectivity index (χ1n) is 10.4. The van der Waals surface area contributed by atoms with E-state index in [2.05, 4.69) is 11.4 Å². The van der Waals surface area contributed by atoms with Crippen molar-refractivity contribution < 1.29 is 14.3 Å². The highest BCUT2D eigenvalue weighted by atomic mass is 32.1. The molecule has 3 rings (SSSR count). The third-order valence-corrected chi connectivity index (χ3v) is 6.32. The average molecular weight is 415 g/mol. The minimum atomic E-state index is -0.126. The fraction of sp³-hybridized carbons (Fsp3) is 0.478. The smallest absolute Gasteiger partial charge is 0.242 e. The predicted octanol–water partition coefficient (Wildman–Crippen LogP) is 4.21. The van der Waals surface area contributed by atoms with Gasteiger partial charge in [-0.05, 0) is 48.9 Å². The zero-order valence-electron chi connectivity index (χ0n) is 17.5. The summed E-state index contributed by atoms with van der Waals surface area (Å²) in [5.74, 6) is 0.828. The van der Waals surface area contributed by atoms with E-state index in [0.29, 0.717) is 26.1 Å². The highest BCUT2D eigenvalue weighted by molar-refractivity contribution is 7.10. The van der Waals surface area contributed by atoms with Gasteiger partial charge in [-0.3, -0.25) is 9.59 Å². The molecule has 0 N–H and O–H groups in total. The first-order chi connectivity index (χ1) is 14.0. The minimum Gasteiger partial charge on any atom is -0.491 e. The lowest BCUT2D eigenvalue weighted by molar-refractivity contribution is -0.142. The maximum atomic E-state index is 13.2. The van der Waals surface area contributed by atoms with E-state index in [0.717, 1.165) is 18.6 Å². The molecule has 1 aromatic heterocycles. The molecule has 1 atom stereocenters. The average Bonchev–Trinajstić information content (AvgIpc) is 3.21. The number of benzene rings is 1. The Hall–Kier alpha value is -2.34. The lowest BCUT2D eigenvalue weighted by Crippen LogP contribution is -2.47. The maximum absolute atomic E-state index is 13.2. The van der Waals surface area contributed by atoms with Gasteiger partial charge in [0.15, 0.2) is 0 Å². The molecule has 0 fully saturated rings. The standard InChI is InChI=1S/C23H30N2O3S/c1-4-12-24(22(26)5-2)15-23(27)25-13-10-21-19(11-14-29-21)20(25)16-28-18-8-6-17(3)7-9-18/h6-9,11,14,20H,4-5,10,12-13,15-16H2,1-3H3/t20-/m0/s1. The van der Waals surface area contributed by atoms with Crippen molar-refractivity contribution in [3.63, 3.8) is 0 Å². The SMILES string of the molecule is CCCN(CC(=O)N1CCc2sccc2[C@@H]1COc1ccc(C)cc1)C(=O)CC. The quantitative estimate of drug-likeness (QED) is 0.650. The Labute approximate surface area is 177 Å². The summed E-state index contributed by atoms with van der Waals surface area (Å²) in [7, 11) is 0. The van der Waals surface area contributed by atoms with Crippen molar-refractivity contribution in [3.05, 3.63) is 51.7 Å². The molecule has 0 bridgehead atoms. The molecule has 2 amide bonds. The summed E-state index contributed by atoms with van der Waals surface area (Å²) >= 11 is 1.74. The number of ether oxygens (including phenoxy) is 1. The van der Waals surface area contributed by atoms with Gasteiger partial charge in [0.2, 0.25) is 11.8 Å². The van der Waals surface area contributed by atoms with Gasteiger partial charge >= 0.3 is 0 Å².